The van der Waals surface area contributed by atoms with Crippen LogP contribution in [-0.2, 0) is 9.53 Å². The van der Waals surface area contributed by atoms with E-state index >= 15 is 0 Å². The summed E-state index contributed by atoms with van der Waals surface area (Å²) in [5.74, 6) is 0.510. The second-order valence-corrected chi connectivity index (χ2v) is 6.49. The second-order valence-electron chi connectivity index (χ2n) is 6.49. The molecule has 19 heavy (non-hydrogen) atoms. The van der Waals surface area contributed by atoms with Crippen LogP contribution in [0.4, 0.5) is 0 Å². The molecule has 0 aromatic heterocycles. The minimum absolute atomic E-state index is 0.179. The van der Waals surface area contributed by atoms with Gasteiger partial charge in [-0.25, -0.2) is 0 Å². The zero-order chi connectivity index (χ0) is 14.7. The molecule has 0 spiro atoms. The number of esters is 1. The average Bonchev–Trinajstić information content (AvgIpc) is 2.38. The first-order chi connectivity index (χ1) is 8.80. The molecule has 112 valence electrons. The number of likely N-dealkylation sites (tertiary alicyclic amines) is 1. The van der Waals surface area contributed by atoms with E-state index in [1.54, 1.807) is 0 Å². The number of carbonyl (C=O) groups is 1. The van der Waals surface area contributed by atoms with Crippen molar-refractivity contribution in [3.05, 3.63) is 0 Å². The minimum Gasteiger partial charge on any atom is -0.465 e. The zero-order valence-electron chi connectivity index (χ0n) is 13.6. The topological polar surface area (TPSA) is 29.5 Å². The van der Waals surface area contributed by atoms with Gasteiger partial charge in [0, 0.05) is 24.5 Å². The van der Waals surface area contributed by atoms with Crippen LogP contribution < -0.4 is 0 Å². The van der Waals surface area contributed by atoms with E-state index in [4.69, 9.17) is 4.74 Å². The summed E-state index contributed by atoms with van der Waals surface area (Å²) in [7, 11) is 0. The van der Waals surface area contributed by atoms with Gasteiger partial charge in [-0.2, -0.15) is 0 Å². The molecule has 0 aliphatic carbocycles. The van der Waals surface area contributed by atoms with Crippen molar-refractivity contribution < 1.29 is 9.53 Å². The van der Waals surface area contributed by atoms with Crippen molar-refractivity contribution in [2.75, 3.05) is 13.2 Å². The maximum Gasteiger partial charge on any atom is 0.302 e. The molecule has 0 aromatic rings. The van der Waals surface area contributed by atoms with E-state index in [0.717, 1.165) is 19.4 Å². The van der Waals surface area contributed by atoms with E-state index in [1.807, 2.05) is 0 Å². The van der Waals surface area contributed by atoms with E-state index in [9.17, 15) is 4.79 Å². The van der Waals surface area contributed by atoms with Crippen molar-refractivity contribution in [1.82, 2.24) is 4.90 Å². The van der Waals surface area contributed by atoms with Gasteiger partial charge >= 0.3 is 5.97 Å². The molecule has 1 fully saturated rings. The molecule has 3 unspecified atom stereocenters. The van der Waals surface area contributed by atoms with Gasteiger partial charge in [0.2, 0.25) is 0 Å². The minimum atomic E-state index is -0.179. The third-order valence-corrected chi connectivity index (χ3v) is 5.54. The number of hydrogen-bond acceptors (Lipinski definition) is 3. The molecule has 1 heterocycles. The summed E-state index contributed by atoms with van der Waals surface area (Å²) in [6.45, 7) is 14.5. The fourth-order valence-electron chi connectivity index (χ4n) is 3.57. The highest BCUT2D eigenvalue weighted by atomic mass is 16.5. The van der Waals surface area contributed by atoms with Crippen LogP contribution in [0.15, 0.2) is 0 Å². The SMILES string of the molecule is CCC1(C)CCC(C)C(C)(CC)N1CCOC(C)=O. The van der Waals surface area contributed by atoms with Crippen molar-refractivity contribution in [1.29, 1.82) is 0 Å². The van der Waals surface area contributed by atoms with Gasteiger partial charge in [-0.05, 0) is 45.4 Å². The molecule has 0 radical (unpaired) electrons. The third kappa shape index (κ3) is 3.31. The Balaban J connectivity index is 2.89. The number of hydrogen-bond donors (Lipinski definition) is 0. The lowest BCUT2D eigenvalue weighted by molar-refractivity contribution is -0.145. The summed E-state index contributed by atoms with van der Waals surface area (Å²) in [6, 6.07) is 0. The highest BCUT2D eigenvalue weighted by Crippen LogP contribution is 2.45. The molecule has 3 nitrogen and oxygen atoms in total. The monoisotopic (exact) mass is 269 g/mol. The Hall–Kier alpha value is -0.570. The molecule has 3 heteroatoms. The van der Waals surface area contributed by atoms with Crippen LogP contribution in [0.3, 0.4) is 0 Å². The van der Waals surface area contributed by atoms with Crippen molar-refractivity contribution in [3.8, 4) is 0 Å². The van der Waals surface area contributed by atoms with E-state index in [2.05, 4.69) is 39.5 Å². The van der Waals surface area contributed by atoms with Gasteiger partial charge in [0.05, 0.1) is 0 Å². The number of nitrogens with zero attached hydrogens (tertiary/aromatic N) is 1. The Bertz CT molecular complexity index is 318. The Labute approximate surface area is 118 Å². The van der Waals surface area contributed by atoms with Crippen LogP contribution in [0.25, 0.3) is 0 Å². The Morgan fingerprint density at radius 3 is 2.42 bits per heavy atom. The van der Waals surface area contributed by atoms with Gasteiger partial charge in [0.25, 0.3) is 0 Å². The lowest BCUT2D eigenvalue weighted by Gasteiger charge is -2.58. The van der Waals surface area contributed by atoms with E-state index in [-0.39, 0.29) is 17.0 Å². The van der Waals surface area contributed by atoms with Gasteiger partial charge < -0.3 is 4.74 Å². The first kappa shape index (κ1) is 16.5. The van der Waals surface area contributed by atoms with E-state index in [1.165, 1.54) is 19.8 Å². The second kappa shape index (κ2) is 6.25. The summed E-state index contributed by atoms with van der Waals surface area (Å²) in [6.07, 6.45) is 4.82. The molecule has 3 atom stereocenters. The van der Waals surface area contributed by atoms with Gasteiger partial charge in [-0.15, -0.1) is 0 Å². The Morgan fingerprint density at radius 2 is 1.95 bits per heavy atom. The number of rotatable bonds is 5. The molecule has 0 aromatic carbocycles. The predicted octanol–water partition coefficient (Wildman–Crippen LogP) is 3.62. The van der Waals surface area contributed by atoms with Crippen LogP contribution >= 0.6 is 0 Å². The summed E-state index contributed by atoms with van der Waals surface area (Å²) in [5, 5.41) is 0. The Kier molecular flexibility index (Phi) is 5.43. The van der Waals surface area contributed by atoms with Crippen LogP contribution in [0, 0.1) is 5.92 Å². The largest absolute Gasteiger partial charge is 0.465 e. The standard InChI is InChI=1S/C16H31NO2/c1-7-15(5)10-9-13(3)16(6,8-2)17(15)11-12-19-14(4)18/h13H,7-12H2,1-6H3. The molecular formula is C16H31NO2. The number of piperidine rings is 1. The molecule has 1 aliphatic heterocycles. The lowest BCUT2D eigenvalue weighted by Crippen LogP contribution is -2.64. The van der Waals surface area contributed by atoms with E-state index < -0.39 is 0 Å². The van der Waals surface area contributed by atoms with Crippen molar-refractivity contribution in [3.63, 3.8) is 0 Å². The highest BCUT2D eigenvalue weighted by Gasteiger charge is 2.47. The maximum absolute atomic E-state index is 11.0. The molecule has 0 bridgehead atoms. The summed E-state index contributed by atoms with van der Waals surface area (Å²) in [5.41, 5.74) is 0.445. The van der Waals surface area contributed by atoms with Crippen LogP contribution in [0.5, 0.6) is 0 Å². The van der Waals surface area contributed by atoms with Crippen LogP contribution in [0.1, 0.15) is 67.2 Å². The van der Waals surface area contributed by atoms with Crippen LogP contribution in [0.2, 0.25) is 0 Å². The molecule has 1 aliphatic rings. The molecule has 0 N–H and O–H groups in total. The zero-order valence-corrected chi connectivity index (χ0v) is 13.6. The Morgan fingerprint density at radius 1 is 1.32 bits per heavy atom. The quantitative estimate of drug-likeness (QED) is 0.714. The number of carbonyl (C=O) groups excluding carboxylic acids is 1. The van der Waals surface area contributed by atoms with Crippen molar-refractivity contribution in [2.45, 2.75) is 78.3 Å². The summed E-state index contributed by atoms with van der Waals surface area (Å²) >= 11 is 0. The molecule has 1 rings (SSSR count). The first-order valence-electron chi connectivity index (χ1n) is 7.71. The molecule has 0 amide bonds. The lowest BCUT2D eigenvalue weighted by atomic mass is 9.69. The molecule has 1 saturated heterocycles. The van der Waals surface area contributed by atoms with Crippen LogP contribution in [-0.4, -0.2) is 35.1 Å². The van der Waals surface area contributed by atoms with Gasteiger partial charge in [0.15, 0.2) is 0 Å². The van der Waals surface area contributed by atoms with Gasteiger partial charge in [0.1, 0.15) is 6.61 Å². The van der Waals surface area contributed by atoms with Gasteiger partial charge in [-0.1, -0.05) is 20.8 Å². The summed E-state index contributed by atoms with van der Waals surface area (Å²) in [4.78, 5) is 13.6. The summed E-state index contributed by atoms with van der Waals surface area (Å²) < 4.78 is 5.17. The maximum atomic E-state index is 11.0. The fourth-order valence-corrected chi connectivity index (χ4v) is 3.57. The van der Waals surface area contributed by atoms with Gasteiger partial charge in [-0.3, -0.25) is 9.69 Å². The smallest absolute Gasteiger partial charge is 0.302 e. The molecular weight excluding hydrogens is 238 g/mol. The first-order valence-corrected chi connectivity index (χ1v) is 7.71. The predicted molar refractivity (Wildman–Crippen MR) is 79.1 cm³/mol. The van der Waals surface area contributed by atoms with Crippen molar-refractivity contribution in [2.24, 2.45) is 5.92 Å². The number of ether oxygens (including phenoxy) is 1. The van der Waals surface area contributed by atoms with Crippen molar-refractivity contribution >= 4 is 5.97 Å². The highest BCUT2D eigenvalue weighted by molar-refractivity contribution is 5.65. The third-order valence-electron chi connectivity index (χ3n) is 5.54. The van der Waals surface area contributed by atoms with E-state index in [0.29, 0.717) is 12.5 Å². The normalized spacial score (nSPS) is 36.2. The fraction of sp³-hybridized carbons (Fsp3) is 0.938. The molecule has 0 saturated carbocycles. The average molecular weight is 269 g/mol.